The second-order valence-corrected chi connectivity index (χ2v) is 4.74. The molecule has 1 nitrogen and oxygen atoms in total. The largest absolute Gasteiger partial charge is 0.302 e. The average molecular weight is 187 g/mol. The molecular weight excluding hydrogens is 170 g/mol. The van der Waals surface area contributed by atoms with E-state index in [-0.39, 0.29) is 0 Å². The maximum absolute atomic E-state index is 2.54. The first kappa shape index (κ1) is 8.49. The lowest BCUT2D eigenvalue weighted by Crippen LogP contribution is -2.57. The lowest BCUT2D eigenvalue weighted by molar-refractivity contribution is 0.0717. The molecule has 1 aliphatic heterocycles. The van der Waals surface area contributed by atoms with E-state index in [4.69, 9.17) is 0 Å². The minimum atomic E-state index is 0.548. The van der Waals surface area contributed by atoms with Crippen LogP contribution in [0.1, 0.15) is 24.5 Å². The van der Waals surface area contributed by atoms with E-state index < -0.39 is 0 Å². The summed E-state index contributed by atoms with van der Waals surface area (Å²) in [5.74, 6) is 0. The summed E-state index contributed by atoms with van der Waals surface area (Å²) in [6, 6.07) is 9.02. The van der Waals surface area contributed by atoms with Crippen molar-refractivity contribution in [3.8, 4) is 0 Å². The molecule has 14 heavy (non-hydrogen) atoms. The van der Waals surface area contributed by atoms with Crippen molar-refractivity contribution in [3.63, 3.8) is 0 Å². The van der Waals surface area contributed by atoms with Crippen molar-refractivity contribution < 1.29 is 0 Å². The molecule has 0 atom stereocenters. The van der Waals surface area contributed by atoms with Gasteiger partial charge < -0.3 is 4.90 Å². The Hall–Kier alpha value is -0.820. The van der Waals surface area contributed by atoms with Gasteiger partial charge >= 0.3 is 0 Å². The Bertz CT molecular complexity index is 350. The summed E-state index contributed by atoms with van der Waals surface area (Å²) in [5.41, 5.74) is 3.79. The molecule has 1 saturated heterocycles. The fourth-order valence-corrected chi connectivity index (χ4v) is 3.13. The van der Waals surface area contributed by atoms with Gasteiger partial charge in [0.2, 0.25) is 0 Å². The summed E-state index contributed by atoms with van der Waals surface area (Å²) in [4.78, 5) is 2.54. The highest BCUT2D eigenvalue weighted by Crippen LogP contribution is 2.45. The molecule has 0 bridgehead atoms. The Kier molecular flexibility index (Phi) is 1.72. The Morgan fingerprint density at radius 3 is 2.86 bits per heavy atom. The van der Waals surface area contributed by atoms with Crippen LogP contribution in [0.2, 0.25) is 0 Å². The van der Waals surface area contributed by atoms with Crippen molar-refractivity contribution >= 4 is 0 Å². The van der Waals surface area contributed by atoms with E-state index in [9.17, 15) is 0 Å². The predicted molar refractivity (Wildman–Crippen MR) is 58.6 cm³/mol. The molecule has 1 heterocycles. The summed E-state index contributed by atoms with van der Waals surface area (Å²) in [5, 5.41) is 0. The van der Waals surface area contributed by atoms with Crippen LogP contribution in [-0.2, 0) is 11.8 Å². The van der Waals surface area contributed by atoms with Crippen LogP contribution < -0.4 is 0 Å². The van der Waals surface area contributed by atoms with Crippen molar-refractivity contribution in [1.82, 2.24) is 4.90 Å². The van der Waals surface area contributed by atoms with E-state index in [2.05, 4.69) is 36.1 Å². The molecule has 3 rings (SSSR count). The normalized spacial score (nSPS) is 23.5. The highest BCUT2D eigenvalue weighted by molar-refractivity contribution is 5.42. The van der Waals surface area contributed by atoms with Crippen molar-refractivity contribution in [2.24, 2.45) is 0 Å². The Balaban J connectivity index is 1.92. The van der Waals surface area contributed by atoms with E-state index in [1.54, 1.807) is 11.1 Å². The summed E-state index contributed by atoms with van der Waals surface area (Å²) >= 11 is 0. The number of likely N-dealkylation sites (N-methyl/N-ethyl adjacent to an activating group) is 1. The highest BCUT2D eigenvalue weighted by atomic mass is 15.2. The molecule has 1 aliphatic carbocycles. The van der Waals surface area contributed by atoms with Crippen LogP contribution in [0, 0.1) is 0 Å². The molecule has 1 spiro atoms. The quantitative estimate of drug-likeness (QED) is 0.651. The van der Waals surface area contributed by atoms with Crippen molar-refractivity contribution in [2.75, 3.05) is 19.6 Å². The third-order valence-corrected chi connectivity index (χ3v) is 3.96. The van der Waals surface area contributed by atoms with Gasteiger partial charge in [-0.25, -0.2) is 0 Å². The first-order valence-corrected chi connectivity index (χ1v) is 5.65. The lowest BCUT2D eigenvalue weighted by Gasteiger charge is -2.48. The second-order valence-electron chi connectivity index (χ2n) is 4.74. The van der Waals surface area contributed by atoms with Crippen molar-refractivity contribution in [2.45, 2.75) is 25.2 Å². The van der Waals surface area contributed by atoms with Crippen LogP contribution in [0.3, 0.4) is 0 Å². The molecule has 0 aromatic heterocycles. The third kappa shape index (κ3) is 0.992. The number of hydrogen-bond donors (Lipinski definition) is 0. The number of rotatable bonds is 1. The SMILES string of the molecule is CCN1CC2(CCc3ccccc32)C1. The van der Waals surface area contributed by atoms with Crippen molar-refractivity contribution in [3.05, 3.63) is 35.4 Å². The average Bonchev–Trinajstić information content (AvgIpc) is 2.55. The Labute approximate surface area is 85.7 Å². The van der Waals surface area contributed by atoms with Crippen molar-refractivity contribution in [1.29, 1.82) is 0 Å². The molecule has 1 aromatic rings. The van der Waals surface area contributed by atoms with Gasteiger partial charge in [-0.05, 0) is 30.5 Å². The zero-order valence-electron chi connectivity index (χ0n) is 8.79. The molecule has 0 amide bonds. The van der Waals surface area contributed by atoms with Gasteiger partial charge in [0.05, 0.1) is 0 Å². The number of nitrogens with zero attached hydrogens (tertiary/aromatic N) is 1. The van der Waals surface area contributed by atoms with E-state index in [1.807, 2.05) is 0 Å². The van der Waals surface area contributed by atoms with Crippen LogP contribution in [-0.4, -0.2) is 24.5 Å². The molecule has 1 heteroatoms. The zero-order chi connectivity index (χ0) is 9.60. The predicted octanol–water partition coefficient (Wildman–Crippen LogP) is 2.21. The third-order valence-electron chi connectivity index (χ3n) is 3.96. The molecular formula is C13H17N. The summed E-state index contributed by atoms with van der Waals surface area (Å²) in [6.45, 7) is 6.05. The van der Waals surface area contributed by atoms with Gasteiger partial charge in [-0.1, -0.05) is 31.2 Å². The van der Waals surface area contributed by atoms with Crippen LogP contribution in [0.15, 0.2) is 24.3 Å². The molecule has 74 valence electrons. The van der Waals surface area contributed by atoms with Gasteiger partial charge in [-0.3, -0.25) is 0 Å². The highest BCUT2D eigenvalue weighted by Gasteiger charge is 2.47. The molecule has 2 aliphatic rings. The molecule has 0 unspecified atom stereocenters. The van der Waals surface area contributed by atoms with Crippen LogP contribution >= 0.6 is 0 Å². The van der Waals surface area contributed by atoms with Gasteiger partial charge in [-0.2, -0.15) is 0 Å². The molecule has 0 N–H and O–H groups in total. The van der Waals surface area contributed by atoms with Crippen LogP contribution in [0.5, 0.6) is 0 Å². The molecule has 0 radical (unpaired) electrons. The van der Waals surface area contributed by atoms with E-state index in [1.165, 1.54) is 32.5 Å². The first-order chi connectivity index (χ1) is 6.84. The van der Waals surface area contributed by atoms with E-state index in [0.29, 0.717) is 5.41 Å². The smallest absolute Gasteiger partial charge is 0.0213 e. The van der Waals surface area contributed by atoms with Gasteiger partial charge in [0, 0.05) is 18.5 Å². The minimum Gasteiger partial charge on any atom is -0.302 e. The monoisotopic (exact) mass is 187 g/mol. The van der Waals surface area contributed by atoms with Gasteiger partial charge in [0.1, 0.15) is 0 Å². The molecule has 0 saturated carbocycles. The van der Waals surface area contributed by atoms with Gasteiger partial charge in [0.15, 0.2) is 0 Å². The number of benzene rings is 1. The fourth-order valence-electron chi connectivity index (χ4n) is 3.13. The van der Waals surface area contributed by atoms with Gasteiger partial charge in [-0.15, -0.1) is 0 Å². The summed E-state index contributed by atoms with van der Waals surface area (Å²) in [7, 11) is 0. The summed E-state index contributed by atoms with van der Waals surface area (Å²) < 4.78 is 0. The Morgan fingerprint density at radius 2 is 2.07 bits per heavy atom. The van der Waals surface area contributed by atoms with Crippen LogP contribution in [0.4, 0.5) is 0 Å². The number of aryl methyl sites for hydroxylation is 1. The first-order valence-electron chi connectivity index (χ1n) is 5.65. The maximum atomic E-state index is 2.54. The second kappa shape index (κ2) is 2.83. The van der Waals surface area contributed by atoms with E-state index >= 15 is 0 Å². The van der Waals surface area contributed by atoms with E-state index in [0.717, 1.165) is 0 Å². The maximum Gasteiger partial charge on any atom is 0.0213 e. The lowest BCUT2D eigenvalue weighted by atomic mass is 9.75. The zero-order valence-corrected chi connectivity index (χ0v) is 8.79. The standard InChI is InChI=1S/C13H17N/c1-2-14-9-13(10-14)8-7-11-5-3-4-6-12(11)13/h3-6H,2,7-10H2,1H3. The molecule has 1 aromatic carbocycles. The number of hydrogen-bond acceptors (Lipinski definition) is 1. The summed E-state index contributed by atoms with van der Waals surface area (Å²) in [6.07, 6.45) is 2.68. The van der Waals surface area contributed by atoms with Crippen LogP contribution in [0.25, 0.3) is 0 Å². The van der Waals surface area contributed by atoms with Gasteiger partial charge in [0.25, 0.3) is 0 Å². The Morgan fingerprint density at radius 1 is 1.29 bits per heavy atom. The fraction of sp³-hybridized carbons (Fsp3) is 0.538. The minimum absolute atomic E-state index is 0.548. The topological polar surface area (TPSA) is 3.24 Å². The molecule has 1 fully saturated rings. The number of fused-ring (bicyclic) bond motifs is 2. The number of likely N-dealkylation sites (tertiary alicyclic amines) is 1.